The fraction of sp³-hybridized carbons (Fsp3) is 0.364. The molecule has 0 atom stereocenters. The van der Waals surface area contributed by atoms with E-state index in [0.29, 0.717) is 23.1 Å². The number of amides is 2. The summed E-state index contributed by atoms with van der Waals surface area (Å²) in [6.07, 6.45) is 2.26. The van der Waals surface area contributed by atoms with Crippen LogP contribution in [0.1, 0.15) is 16.8 Å². The predicted molar refractivity (Wildman–Crippen MR) is 69.9 cm³/mol. The van der Waals surface area contributed by atoms with E-state index in [1.807, 2.05) is 0 Å². The van der Waals surface area contributed by atoms with Crippen molar-refractivity contribution in [2.24, 2.45) is 0 Å². The molecule has 0 aromatic carbocycles. The van der Waals surface area contributed by atoms with Crippen LogP contribution in [-0.2, 0) is 4.79 Å². The van der Waals surface area contributed by atoms with E-state index in [2.05, 4.69) is 26.2 Å². The smallest absolute Gasteiger partial charge is 0.258 e. The Balaban J connectivity index is 2.24. The molecule has 0 aliphatic carbocycles. The van der Waals surface area contributed by atoms with E-state index in [1.54, 1.807) is 6.07 Å². The second-order valence-corrected chi connectivity index (χ2v) is 4.93. The maximum atomic E-state index is 12.3. The van der Waals surface area contributed by atoms with Gasteiger partial charge in [-0.3, -0.25) is 9.59 Å². The standard InChI is InChI=1S/C11H13BrN4O2/c12-7-4-8(10(13)15-5-7)11(18)16-3-1-2-14-9(17)6-16/h4-5H,1-3,6H2,(H2,13,15)(H,14,17). The number of nitrogens with zero attached hydrogens (tertiary/aromatic N) is 2. The van der Waals surface area contributed by atoms with Crippen molar-refractivity contribution in [1.82, 2.24) is 15.2 Å². The van der Waals surface area contributed by atoms with E-state index in [1.165, 1.54) is 11.1 Å². The van der Waals surface area contributed by atoms with Crippen molar-refractivity contribution in [2.75, 3.05) is 25.4 Å². The molecule has 18 heavy (non-hydrogen) atoms. The van der Waals surface area contributed by atoms with E-state index in [-0.39, 0.29) is 24.2 Å². The fourth-order valence-corrected chi connectivity index (χ4v) is 2.10. The van der Waals surface area contributed by atoms with Crippen molar-refractivity contribution in [3.8, 4) is 0 Å². The van der Waals surface area contributed by atoms with Crippen molar-refractivity contribution in [3.63, 3.8) is 0 Å². The Morgan fingerprint density at radius 3 is 3.11 bits per heavy atom. The fourth-order valence-electron chi connectivity index (χ4n) is 1.77. The number of anilines is 1. The van der Waals surface area contributed by atoms with Crippen molar-refractivity contribution in [2.45, 2.75) is 6.42 Å². The summed E-state index contributed by atoms with van der Waals surface area (Å²) in [5, 5.41) is 2.72. The Labute approximate surface area is 113 Å². The van der Waals surface area contributed by atoms with E-state index in [9.17, 15) is 9.59 Å². The molecule has 1 aliphatic rings. The highest BCUT2D eigenvalue weighted by Crippen LogP contribution is 2.17. The summed E-state index contributed by atoms with van der Waals surface area (Å²) in [4.78, 5) is 29.1. The molecule has 0 bridgehead atoms. The van der Waals surface area contributed by atoms with E-state index >= 15 is 0 Å². The number of halogens is 1. The topological polar surface area (TPSA) is 88.3 Å². The SMILES string of the molecule is Nc1ncc(Br)cc1C(=O)N1CCCNC(=O)C1. The number of aromatic nitrogens is 1. The lowest BCUT2D eigenvalue weighted by Crippen LogP contribution is -2.37. The Morgan fingerprint density at radius 1 is 1.56 bits per heavy atom. The number of carbonyl (C=O) groups excluding carboxylic acids is 2. The van der Waals surface area contributed by atoms with E-state index in [4.69, 9.17) is 5.73 Å². The third-order valence-corrected chi connectivity index (χ3v) is 3.10. The highest BCUT2D eigenvalue weighted by molar-refractivity contribution is 9.10. The zero-order valence-corrected chi connectivity index (χ0v) is 11.2. The quantitative estimate of drug-likeness (QED) is 0.785. The summed E-state index contributed by atoms with van der Waals surface area (Å²) in [5.41, 5.74) is 6.01. The van der Waals surface area contributed by atoms with Crippen LogP contribution < -0.4 is 11.1 Å². The maximum absolute atomic E-state index is 12.3. The molecule has 2 amide bonds. The molecular weight excluding hydrogens is 300 g/mol. The van der Waals surface area contributed by atoms with Gasteiger partial charge in [0.1, 0.15) is 5.82 Å². The highest BCUT2D eigenvalue weighted by Gasteiger charge is 2.23. The summed E-state index contributed by atoms with van der Waals surface area (Å²) in [7, 11) is 0. The molecule has 3 N–H and O–H groups in total. The summed E-state index contributed by atoms with van der Waals surface area (Å²) < 4.78 is 0.680. The summed E-state index contributed by atoms with van der Waals surface area (Å²) >= 11 is 3.25. The monoisotopic (exact) mass is 312 g/mol. The number of pyridine rings is 1. The van der Waals surface area contributed by atoms with Gasteiger partial charge in [0.2, 0.25) is 5.91 Å². The molecule has 0 unspecified atom stereocenters. The van der Waals surface area contributed by atoms with Gasteiger partial charge in [0.05, 0.1) is 12.1 Å². The van der Waals surface area contributed by atoms with E-state index in [0.717, 1.165) is 6.42 Å². The van der Waals surface area contributed by atoms with Crippen LogP contribution in [-0.4, -0.2) is 41.3 Å². The Bertz CT molecular complexity index is 492. The van der Waals surface area contributed by atoms with Crippen LogP contribution in [0.25, 0.3) is 0 Å². The first-order chi connectivity index (χ1) is 8.58. The summed E-state index contributed by atoms with van der Waals surface area (Å²) in [5.74, 6) is -0.242. The van der Waals surface area contributed by atoms with Gasteiger partial charge in [-0.2, -0.15) is 0 Å². The van der Waals surface area contributed by atoms with Crippen LogP contribution in [0.4, 0.5) is 5.82 Å². The van der Waals surface area contributed by atoms with E-state index < -0.39 is 0 Å². The van der Waals surface area contributed by atoms with Crippen LogP contribution >= 0.6 is 15.9 Å². The van der Waals surface area contributed by atoms with Crippen LogP contribution in [0.15, 0.2) is 16.7 Å². The minimum atomic E-state index is -0.265. The van der Waals surface area contributed by atoms with Crippen LogP contribution in [0.5, 0.6) is 0 Å². The molecule has 1 saturated heterocycles. The summed E-state index contributed by atoms with van der Waals surface area (Å²) in [6.45, 7) is 1.18. The minimum Gasteiger partial charge on any atom is -0.383 e. The molecular formula is C11H13BrN4O2. The Hall–Kier alpha value is -1.63. The maximum Gasteiger partial charge on any atom is 0.258 e. The van der Waals surface area contributed by atoms with Gasteiger partial charge in [0.15, 0.2) is 0 Å². The third-order valence-electron chi connectivity index (χ3n) is 2.66. The van der Waals surface area contributed by atoms with Gasteiger partial charge >= 0.3 is 0 Å². The summed E-state index contributed by atoms with van der Waals surface area (Å²) in [6, 6.07) is 1.62. The number of nitrogen functional groups attached to an aromatic ring is 1. The second-order valence-electron chi connectivity index (χ2n) is 4.02. The Kier molecular flexibility index (Phi) is 3.81. The number of hydrogen-bond acceptors (Lipinski definition) is 4. The van der Waals surface area contributed by atoms with Crippen molar-refractivity contribution in [1.29, 1.82) is 0 Å². The lowest BCUT2D eigenvalue weighted by atomic mass is 10.2. The zero-order chi connectivity index (χ0) is 13.1. The molecule has 2 heterocycles. The van der Waals surface area contributed by atoms with Crippen molar-refractivity contribution >= 4 is 33.6 Å². The molecule has 7 heteroatoms. The van der Waals surface area contributed by atoms with Crippen molar-refractivity contribution < 1.29 is 9.59 Å². The van der Waals surface area contributed by atoms with Gasteiger partial charge in [-0.25, -0.2) is 4.98 Å². The number of hydrogen-bond donors (Lipinski definition) is 2. The molecule has 1 aromatic rings. The van der Waals surface area contributed by atoms with Gasteiger partial charge in [0.25, 0.3) is 5.91 Å². The molecule has 1 aliphatic heterocycles. The molecule has 0 saturated carbocycles. The number of carbonyl (C=O) groups is 2. The van der Waals surface area contributed by atoms with Gasteiger partial charge in [-0.05, 0) is 28.4 Å². The number of rotatable bonds is 1. The lowest BCUT2D eigenvalue weighted by Gasteiger charge is -2.19. The lowest BCUT2D eigenvalue weighted by molar-refractivity contribution is -0.121. The van der Waals surface area contributed by atoms with Crippen LogP contribution in [0, 0.1) is 0 Å². The van der Waals surface area contributed by atoms with Crippen LogP contribution in [0.2, 0.25) is 0 Å². The highest BCUT2D eigenvalue weighted by atomic mass is 79.9. The zero-order valence-electron chi connectivity index (χ0n) is 9.65. The Morgan fingerprint density at radius 2 is 2.33 bits per heavy atom. The second kappa shape index (κ2) is 5.34. The molecule has 2 rings (SSSR count). The predicted octanol–water partition coefficient (Wildman–Crippen LogP) is 0.388. The largest absolute Gasteiger partial charge is 0.383 e. The molecule has 6 nitrogen and oxygen atoms in total. The molecule has 1 fully saturated rings. The van der Waals surface area contributed by atoms with Gasteiger partial charge in [0, 0.05) is 23.8 Å². The third kappa shape index (κ3) is 2.79. The minimum absolute atomic E-state index is 0.0603. The molecule has 96 valence electrons. The molecule has 0 spiro atoms. The van der Waals surface area contributed by atoms with Crippen LogP contribution in [0.3, 0.4) is 0 Å². The number of nitrogens with one attached hydrogen (secondary N) is 1. The molecule has 1 aromatic heterocycles. The van der Waals surface area contributed by atoms with Gasteiger partial charge in [-0.15, -0.1) is 0 Å². The normalized spacial score (nSPS) is 16.1. The van der Waals surface area contributed by atoms with Gasteiger partial charge in [-0.1, -0.05) is 0 Å². The average Bonchev–Trinajstić information content (AvgIpc) is 2.56. The molecule has 0 radical (unpaired) electrons. The first-order valence-electron chi connectivity index (χ1n) is 5.55. The first kappa shape index (κ1) is 12.8. The van der Waals surface area contributed by atoms with Crippen molar-refractivity contribution in [3.05, 3.63) is 22.3 Å². The van der Waals surface area contributed by atoms with Gasteiger partial charge < -0.3 is 16.0 Å². The average molecular weight is 313 g/mol. The first-order valence-corrected chi connectivity index (χ1v) is 6.34. The number of nitrogens with two attached hydrogens (primary N) is 1.